The molecular formula is C16H19N3O2S. The molecule has 0 spiro atoms. The second-order valence-electron chi connectivity index (χ2n) is 6.40. The van der Waals surface area contributed by atoms with E-state index in [0.29, 0.717) is 17.4 Å². The monoisotopic (exact) mass is 317 g/mol. The number of sulfone groups is 1. The van der Waals surface area contributed by atoms with Gasteiger partial charge in [-0.15, -0.1) is 0 Å². The Bertz CT molecular complexity index is 819. The molecular weight excluding hydrogens is 298 g/mol. The Morgan fingerprint density at radius 2 is 2.27 bits per heavy atom. The fourth-order valence-corrected chi connectivity index (χ4v) is 5.41. The van der Waals surface area contributed by atoms with Gasteiger partial charge in [0.1, 0.15) is 0 Å². The fourth-order valence-electron chi connectivity index (χ4n) is 3.56. The second kappa shape index (κ2) is 5.28. The van der Waals surface area contributed by atoms with Crippen LogP contribution >= 0.6 is 0 Å². The van der Waals surface area contributed by atoms with Gasteiger partial charge in [-0.25, -0.2) is 18.4 Å². The van der Waals surface area contributed by atoms with Crippen molar-refractivity contribution in [3.05, 3.63) is 35.7 Å². The Morgan fingerprint density at radius 1 is 1.36 bits per heavy atom. The first-order valence-electron chi connectivity index (χ1n) is 7.75. The Kier molecular flexibility index (Phi) is 3.38. The van der Waals surface area contributed by atoms with Crippen LogP contribution in [-0.4, -0.2) is 47.9 Å². The molecule has 4 heterocycles. The first kappa shape index (κ1) is 14.1. The van der Waals surface area contributed by atoms with Gasteiger partial charge in [0.2, 0.25) is 0 Å². The highest BCUT2D eigenvalue weighted by Gasteiger charge is 2.30. The van der Waals surface area contributed by atoms with Crippen LogP contribution in [0.1, 0.15) is 17.7 Å². The molecule has 0 aromatic carbocycles. The molecule has 22 heavy (non-hydrogen) atoms. The number of rotatable bonds is 2. The average Bonchev–Trinajstić information content (AvgIpc) is 2.84. The normalized spacial score (nSPS) is 24.5. The Morgan fingerprint density at radius 3 is 3.09 bits per heavy atom. The van der Waals surface area contributed by atoms with E-state index in [9.17, 15) is 8.42 Å². The van der Waals surface area contributed by atoms with Gasteiger partial charge in [-0.3, -0.25) is 4.90 Å². The molecule has 1 atom stereocenters. The van der Waals surface area contributed by atoms with Gasteiger partial charge in [-0.1, -0.05) is 0 Å². The predicted molar refractivity (Wildman–Crippen MR) is 85.3 cm³/mol. The molecule has 116 valence electrons. The maximum atomic E-state index is 11.6. The molecule has 2 aliphatic heterocycles. The van der Waals surface area contributed by atoms with Crippen LogP contribution in [-0.2, 0) is 22.8 Å². The number of fused-ring (bicyclic) bond motifs is 2. The van der Waals surface area contributed by atoms with E-state index in [1.54, 1.807) is 6.20 Å². The second-order valence-corrected chi connectivity index (χ2v) is 8.63. The highest BCUT2D eigenvalue weighted by atomic mass is 32.2. The van der Waals surface area contributed by atoms with Crippen LogP contribution in [0.5, 0.6) is 0 Å². The van der Waals surface area contributed by atoms with Crippen molar-refractivity contribution in [1.82, 2.24) is 14.9 Å². The molecule has 0 saturated carbocycles. The minimum atomic E-state index is -2.78. The Labute approximate surface area is 130 Å². The summed E-state index contributed by atoms with van der Waals surface area (Å²) in [6, 6.07) is 6.15. The molecule has 2 aliphatic rings. The van der Waals surface area contributed by atoms with Gasteiger partial charge >= 0.3 is 0 Å². The first-order chi connectivity index (χ1) is 10.6. The molecule has 1 saturated heterocycles. The number of pyridine rings is 2. The van der Waals surface area contributed by atoms with Crippen molar-refractivity contribution in [2.45, 2.75) is 19.4 Å². The lowest BCUT2D eigenvalue weighted by Gasteiger charge is -2.30. The van der Waals surface area contributed by atoms with Crippen LogP contribution in [0.4, 0.5) is 0 Å². The van der Waals surface area contributed by atoms with Crippen molar-refractivity contribution in [3.8, 4) is 0 Å². The molecule has 1 fully saturated rings. The minimum Gasteiger partial charge on any atom is -0.298 e. The first-order valence-corrected chi connectivity index (χ1v) is 9.57. The van der Waals surface area contributed by atoms with Crippen molar-refractivity contribution in [1.29, 1.82) is 0 Å². The summed E-state index contributed by atoms with van der Waals surface area (Å²) >= 11 is 0. The van der Waals surface area contributed by atoms with E-state index in [4.69, 9.17) is 0 Å². The maximum absolute atomic E-state index is 11.6. The number of nitrogens with zero attached hydrogens (tertiary/aromatic N) is 3. The highest BCUT2D eigenvalue weighted by molar-refractivity contribution is 7.91. The molecule has 0 radical (unpaired) electrons. The molecule has 2 aromatic heterocycles. The van der Waals surface area contributed by atoms with Gasteiger partial charge in [-0.05, 0) is 36.1 Å². The van der Waals surface area contributed by atoms with Crippen LogP contribution in [0.25, 0.3) is 11.0 Å². The van der Waals surface area contributed by atoms with Gasteiger partial charge in [0.05, 0.1) is 11.5 Å². The van der Waals surface area contributed by atoms with Gasteiger partial charge in [-0.2, -0.15) is 0 Å². The van der Waals surface area contributed by atoms with Gasteiger partial charge in [0.25, 0.3) is 0 Å². The highest BCUT2D eigenvalue weighted by Crippen LogP contribution is 2.25. The summed E-state index contributed by atoms with van der Waals surface area (Å²) in [5.74, 6) is 1.01. The van der Waals surface area contributed by atoms with Crippen molar-refractivity contribution >= 4 is 20.9 Å². The molecule has 0 aliphatic carbocycles. The third kappa shape index (κ3) is 2.73. The third-order valence-electron chi connectivity index (χ3n) is 4.66. The zero-order valence-corrected chi connectivity index (χ0v) is 13.2. The summed E-state index contributed by atoms with van der Waals surface area (Å²) in [5, 5.41) is 1.08. The topological polar surface area (TPSA) is 63.2 Å². The van der Waals surface area contributed by atoms with Crippen LogP contribution in [0.3, 0.4) is 0 Å². The Hall–Kier alpha value is -1.53. The van der Waals surface area contributed by atoms with Crippen LogP contribution in [0, 0.1) is 5.92 Å². The summed E-state index contributed by atoms with van der Waals surface area (Å²) in [7, 11) is -2.78. The van der Waals surface area contributed by atoms with E-state index in [-0.39, 0.29) is 0 Å². The van der Waals surface area contributed by atoms with Gasteiger partial charge < -0.3 is 0 Å². The van der Waals surface area contributed by atoms with E-state index in [1.165, 1.54) is 5.56 Å². The van der Waals surface area contributed by atoms with Crippen molar-refractivity contribution in [2.24, 2.45) is 5.92 Å². The van der Waals surface area contributed by atoms with Gasteiger partial charge in [0, 0.05) is 43.3 Å². The summed E-state index contributed by atoms with van der Waals surface area (Å²) in [4.78, 5) is 11.4. The summed E-state index contributed by atoms with van der Waals surface area (Å²) in [6.07, 6.45) is 3.50. The number of aromatic nitrogens is 2. The molecule has 0 bridgehead atoms. The molecule has 4 rings (SSSR count). The average molecular weight is 317 g/mol. The zero-order valence-electron chi connectivity index (χ0n) is 12.4. The molecule has 6 heteroatoms. The van der Waals surface area contributed by atoms with Crippen molar-refractivity contribution in [2.75, 3.05) is 24.6 Å². The van der Waals surface area contributed by atoms with Crippen LogP contribution in [0.15, 0.2) is 24.4 Å². The standard InChI is InChI=1S/C16H19N3O2S/c20-22(21)7-4-12(11-22)9-19-6-3-15-14(10-19)8-13-2-1-5-17-16(13)18-15/h1-2,5,8,12H,3-4,6-7,9-11H2. The SMILES string of the molecule is O=S1(=O)CCC(CN2CCc3nc4ncccc4cc3C2)C1. The van der Waals surface area contributed by atoms with Crippen LogP contribution in [0.2, 0.25) is 0 Å². The summed E-state index contributed by atoms with van der Waals surface area (Å²) in [5.41, 5.74) is 3.21. The maximum Gasteiger partial charge on any atom is 0.159 e. The molecule has 0 amide bonds. The summed E-state index contributed by atoms with van der Waals surface area (Å²) in [6.45, 7) is 2.70. The van der Waals surface area contributed by atoms with E-state index in [0.717, 1.165) is 49.2 Å². The molecule has 2 aromatic rings. The quantitative estimate of drug-likeness (QED) is 0.838. The van der Waals surface area contributed by atoms with E-state index >= 15 is 0 Å². The zero-order chi connectivity index (χ0) is 15.2. The molecule has 5 nitrogen and oxygen atoms in total. The lowest BCUT2D eigenvalue weighted by Crippen LogP contribution is -2.35. The number of hydrogen-bond donors (Lipinski definition) is 0. The number of hydrogen-bond acceptors (Lipinski definition) is 5. The van der Waals surface area contributed by atoms with Gasteiger partial charge in [0.15, 0.2) is 15.5 Å². The van der Waals surface area contributed by atoms with Crippen LogP contribution < -0.4 is 0 Å². The minimum absolute atomic E-state index is 0.293. The predicted octanol–water partition coefficient (Wildman–Crippen LogP) is 1.42. The van der Waals surface area contributed by atoms with E-state index in [1.807, 2.05) is 12.1 Å². The van der Waals surface area contributed by atoms with Crippen molar-refractivity contribution in [3.63, 3.8) is 0 Å². The smallest absolute Gasteiger partial charge is 0.159 e. The fraction of sp³-hybridized carbons (Fsp3) is 0.500. The van der Waals surface area contributed by atoms with E-state index < -0.39 is 9.84 Å². The largest absolute Gasteiger partial charge is 0.298 e. The third-order valence-corrected chi connectivity index (χ3v) is 6.50. The van der Waals surface area contributed by atoms with E-state index in [2.05, 4.69) is 20.9 Å². The Balaban J connectivity index is 1.52. The lowest BCUT2D eigenvalue weighted by molar-refractivity contribution is 0.220. The molecule has 1 unspecified atom stereocenters. The molecule has 0 N–H and O–H groups in total. The summed E-state index contributed by atoms with van der Waals surface area (Å²) < 4.78 is 23.2. The lowest BCUT2D eigenvalue weighted by atomic mass is 10.0. The van der Waals surface area contributed by atoms with Crippen molar-refractivity contribution < 1.29 is 8.42 Å².